The van der Waals surface area contributed by atoms with Gasteiger partial charge in [-0.05, 0) is 19.8 Å². The number of nitrogens with zero attached hydrogens (tertiary/aromatic N) is 1. The first-order chi connectivity index (χ1) is 6.79. The van der Waals surface area contributed by atoms with E-state index < -0.39 is 0 Å². The van der Waals surface area contributed by atoms with Crippen molar-refractivity contribution >= 4 is 0 Å². The Morgan fingerprint density at radius 3 is 3.14 bits per heavy atom. The van der Waals surface area contributed by atoms with Gasteiger partial charge in [0.05, 0.1) is 5.69 Å². The van der Waals surface area contributed by atoms with Crippen LogP contribution in [0.4, 0.5) is 0 Å². The zero-order chi connectivity index (χ0) is 9.97. The summed E-state index contributed by atoms with van der Waals surface area (Å²) in [7, 11) is 0. The zero-order valence-corrected chi connectivity index (χ0v) is 8.49. The van der Waals surface area contributed by atoms with Gasteiger partial charge in [0.25, 0.3) is 0 Å². The molecule has 0 spiro atoms. The minimum atomic E-state index is 0.330. The lowest BCUT2D eigenvalue weighted by Crippen LogP contribution is -2.32. The van der Waals surface area contributed by atoms with Crippen molar-refractivity contribution in [1.29, 1.82) is 0 Å². The second-order valence-corrected chi connectivity index (χ2v) is 4.01. The molecule has 1 aromatic heterocycles. The molecule has 1 unspecified atom stereocenters. The minimum absolute atomic E-state index is 0.330. The maximum Gasteiger partial charge on any atom is 0.140 e. The first kappa shape index (κ1) is 9.68. The normalized spacial score (nSPS) is 18.4. The maximum atomic E-state index is 5.49. The molecule has 0 amide bonds. The Bertz CT molecular complexity index is 293. The Kier molecular flexibility index (Phi) is 2.84. The molecule has 1 fully saturated rings. The summed E-state index contributed by atoms with van der Waals surface area (Å²) in [6, 6.07) is 2.38. The van der Waals surface area contributed by atoms with E-state index in [2.05, 4.69) is 17.4 Å². The molecule has 1 atom stereocenters. The molecule has 0 bridgehead atoms. The summed E-state index contributed by atoms with van der Waals surface area (Å²) in [5.41, 5.74) is 6.47. The average molecular weight is 195 g/mol. The summed E-state index contributed by atoms with van der Waals surface area (Å²) >= 11 is 0. The number of aromatic nitrogens is 1. The predicted octanol–water partition coefficient (Wildman–Crippen LogP) is 0.989. The molecular weight excluding hydrogens is 178 g/mol. The number of rotatable bonds is 5. The van der Waals surface area contributed by atoms with Crippen LogP contribution in [-0.2, 0) is 6.54 Å². The fraction of sp³-hybridized carbons (Fsp3) is 0.700. The highest BCUT2D eigenvalue weighted by Crippen LogP contribution is 2.40. The van der Waals surface area contributed by atoms with Crippen LogP contribution in [0.3, 0.4) is 0 Å². The molecule has 1 aliphatic rings. The number of nitrogens with one attached hydrogen (secondary N) is 1. The highest BCUT2D eigenvalue weighted by molar-refractivity contribution is 5.14. The van der Waals surface area contributed by atoms with E-state index in [1.807, 2.05) is 6.07 Å². The fourth-order valence-corrected chi connectivity index (χ4v) is 1.33. The van der Waals surface area contributed by atoms with Crippen molar-refractivity contribution in [3.05, 3.63) is 17.5 Å². The first-order valence-corrected chi connectivity index (χ1v) is 5.18. The second kappa shape index (κ2) is 4.11. The van der Waals surface area contributed by atoms with Crippen LogP contribution in [0.5, 0.6) is 0 Å². The summed E-state index contributed by atoms with van der Waals surface area (Å²) < 4.78 is 5.23. The van der Waals surface area contributed by atoms with Crippen molar-refractivity contribution in [2.45, 2.75) is 38.3 Å². The van der Waals surface area contributed by atoms with Crippen molar-refractivity contribution < 1.29 is 4.52 Å². The molecule has 4 nitrogen and oxygen atoms in total. The first-order valence-electron chi connectivity index (χ1n) is 5.18. The van der Waals surface area contributed by atoms with Gasteiger partial charge in [0.2, 0.25) is 0 Å². The Hall–Kier alpha value is -0.870. The molecule has 3 N–H and O–H groups in total. The Morgan fingerprint density at radius 2 is 2.50 bits per heavy atom. The molecule has 0 saturated heterocycles. The minimum Gasteiger partial charge on any atom is -0.361 e. The molecular formula is C10H17N3O. The van der Waals surface area contributed by atoms with E-state index in [4.69, 9.17) is 10.3 Å². The summed E-state index contributed by atoms with van der Waals surface area (Å²) in [4.78, 5) is 0. The SMILES string of the molecule is CC(CN)NCc1cc(C2CC2)on1. The van der Waals surface area contributed by atoms with Crippen LogP contribution >= 0.6 is 0 Å². The van der Waals surface area contributed by atoms with E-state index in [1.165, 1.54) is 12.8 Å². The highest BCUT2D eigenvalue weighted by Gasteiger charge is 2.27. The molecule has 0 aromatic carbocycles. The van der Waals surface area contributed by atoms with Gasteiger partial charge in [-0.1, -0.05) is 5.16 Å². The molecule has 1 heterocycles. The quantitative estimate of drug-likeness (QED) is 0.735. The van der Waals surface area contributed by atoms with Crippen LogP contribution in [0.1, 0.15) is 37.1 Å². The van der Waals surface area contributed by atoms with Crippen molar-refractivity contribution in [2.75, 3.05) is 6.54 Å². The molecule has 1 saturated carbocycles. The zero-order valence-electron chi connectivity index (χ0n) is 8.49. The molecule has 78 valence electrons. The summed E-state index contributed by atoms with van der Waals surface area (Å²) in [5.74, 6) is 1.69. The standard InChI is InChI=1S/C10H17N3O/c1-7(5-11)12-6-9-4-10(14-13-9)8-2-3-8/h4,7-8,12H,2-3,5-6,11H2,1H3. The summed E-state index contributed by atoms with van der Waals surface area (Å²) in [6.45, 7) is 3.45. The fourth-order valence-electron chi connectivity index (χ4n) is 1.33. The third kappa shape index (κ3) is 2.33. The van der Waals surface area contributed by atoms with Crippen LogP contribution in [0.2, 0.25) is 0 Å². The van der Waals surface area contributed by atoms with Gasteiger partial charge >= 0.3 is 0 Å². The van der Waals surface area contributed by atoms with Gasteiger partial charge in [0.15, 0.2) is 0 Å². The third-order valence-electron chi connectivity index (χ3n) is 2.54. The average Bonchev–Trinajstić information content (AvgIpc) is 2.95. The number of hydrogen-bond acceptors (Lipinski definition) is 4. The molecule has 1 aliphatic carbocycles. The van der Waals surface area contributed by atoms with Crippen LogP contribution in [0.25, 0.3) is 0 Å². The van der Waals surface area contributed by atoms with Gasteiger partial charge in [-0.15, -0.1) is 0 Å². The molecule has 4 heteroatoms. The van der Waals surface area contributed by atoms with E-state index in [9.17, 15) is 0 Å². The van der Waals surface area contributed by atoms with E-state index in [1.54, 1.807) is 0 Å². The molecule has 14 heavy (non-hydrogen) atoms. The molecule has 2 rings (SSSR count). The highest BCUT2D eigenvalue weighted by atomic mass is 16.5. The lowest BCUT2D eigenvalue weighted by atomic mass is 10.2. The topological polar surface area (TPSA) is 64.1 Å². The van der Waals surface area contributed by atoms with Gasteiger partial charge in [-0.3, -0.25) is 0 Å². The van der Waals surface area contributed by atoms with Crippen molar-refractivity contribution in [1.82, 2.24) is 10.5 Å². The van der Waals surface area contributed by atoms with E-state index in [0.29, 0.717) is 18.5 Å². The van der Waals surface area contributed by atoms with Gasteiger partial charge in [0.1, 0.15) is 5.76 Å². The maximum absolute atomic E-state index is 5.49. The Labute approximate surface area is 83.8 Å². The van der Waals surface area contributed by atoms with Gasteiger partial charge in [0, 0.05) is 31.1 Å². The van der Waals surface area contributed by atoms with E-state index >= 15 is 0 Å². The molecule has 1 aromatic rings. The van der Waals surface area contributed by atoms with E-state index in [0.717, 1.165) is 18.0 Å². The summed E-state index contributed by atoms with van der Waals surface area (Å²) in [6.07, 6.45) is 2.50. The molecule has 0 radical (unpaired) electrons. The Morgan fingerprint density at radius 1 is 1.71 bits per heavy atom. The third-order valence-corrected chi connectivity index (χ3v) is 2.54. The van der Waals surface area contributed by atoms with Crippen LogP contribution in [-0.4, -0.2) is 17.7 Å². The summed E-state index contributed by atoms with van der Waals surface area (Å²) in [5, 5.41) is 7.28. The van der Waals surface area contributed by atoms with Gasteiger partial charge < -0.3 is 15.6 Å². The van der Waals surface area contributed by atoms with Crippen molar-refractivity contribution in [3.8, 4) is 0 Å². The lowest BCUT2D eigenvalue weighted by molar-refractivity contribution is 0.374. The van der Waals surface area contributed by atoms with Crippen LogP contribution < -0.4 is 11.1 Å². The monoisotopic (exact) mass is 195 g/mol. The van der Waals surface area contributed by atoms with Crippen LogP contribution in [0, 0.1) is 0 Å². The van der Waals surface area contributed by atoms with Crippen LogP contribution in [0.15, 0.2) is 10.6 Å². The number of nitrogens with two attached hydrogens (primary N) is 1. The van der Waals surface area contributed by atoms with Crippen molar-refractivity contribution in [2.24, 2.45) is 5.73 Å². The Balaban J connectivity index is 1.83. The number of hydrogen-bond donors (Lipinski definition) is 2. The largest absolute Gasteiger partial charge is 0.361 e. The second-order valence-electron chi connectivity index (χ2n) is 4.01. The van der Waals surface area contributed by atoms with Gasteiger partial charge in [-0.2, -0.15) is 0 Å². The predicted molar refractivity (Wildman–Crippen MR) is 53.8 cm³/mol. The van der Waals surface area contributed by atoms with E-state index in [-0.39, 0.29) is 0 Å². The lowest BCUT2D eigenvalue weighted by Gasteiger charge is -2.08. The van der Waals surface area contributed by atoms with Gasteiger partial charge in [-0.25, -0.2) is 0 Å². The smallest absolute Gasteiger partial charge is 0.140 e. The van der Waals surface area contributed by atoms with Crippen molar-refractivity contribution in [3.63, 3.8) is 0 Å². The molecule has 0 aliphatic heterocycles.